The maximum atomic E-state index is 11.3. The number of aromatic amines is 1. The van der Waals surface area contributed by atoms with Gasteiger partial charge in [0, 0.05) is 28.6 Å². The molecule has 0 amide bonds. The second kappa shape index (κ2) is 9.13. The van der Waals surface area contributed by atoms with Crippen molar-refractivity contribution < 1.29 is 9.84 Å². The average molecular weight is 307 g/mol. The molecule has 2 rings (SSSR count). The molecule has 0 aliphatic rings. The van der Waals surface area contributed by atoms with Gasteiger partial charge in [-0.25, -0.2) is 0 Å². The van der Waals surface area contributed by atoms with E-state index in [2.05, 4.69) is 4.98 Å². The van der Waals surface area contributed by atoms with Crippen LogP contribution >= 0.6 is 11.8 Å². The number of thioether (sulfide) groups is 1. The van der Waals surface area contributed by atoms with Gasteiger partial charge < -0.3 is 14.8 Å². The van der Waals surface area contributed by atoms with Crippen LogP contribution in [0.2, 0.25) is 0 Å². The molecule has 0 spiro atoms. The molecule has 0 bridgehead atoms. The summed E-state index contributed by atoms with van der Waals surface area (Å²) in [5, 5.41) is 9.16. The molecule has 21 heavy (non-hydrogen) atoms. The number of hydrogen-bond acceptors (Lipinski definition) is 4. The number of hydrogen-bond donors (Lipinski definition) is 2. The Morgan fingerprint density at radius 3 is 2.71 bits per heavy atom. The molecule has 2 N–H and O–H groups in total. The lowest BCUT2D eigenvalue weighted by atomic mass is 10.3. The number of benzene rings is 1. The summed E-state index contributed by atoms with van der Waals surface area (Å²) in [7, 11) is 0. The maximum absolute atomic E-state index is 11.3. The smallest absolute Gasteiger partial charge is 0.223 e. The van der Waals surface area contributed by atoms with Crippen LogP contribution in [0.3, 0.4) is 0 Å². The van der Waals surface area contributed by atoms with Crippen molar-refractivity contribution in [1.82, 2.24) is 4.98 Å². The number of H-pyrrole nitrogens is 1. The molecule has 114 valence electrons. The van der Waals surface area contributed by atoms with Crippen LogP contribution in [0.15, 0.2) is 46.2 Å². The number of ether oxygens (including phenoxy) is 1. The highest BCUT2D eigenvalue weighted by molar-refractivity contribution is 7.98. The van der Waals surface area contributed by atoms with E-state index in [-0.39, 0.29) is 11.2 Å². The molecule has 0 saturated carbocycles. The highest BCUT2D eigenvalue weighted by Gasteiger charge is 2.02. The van der Waals surface area contributed by atoms with Crippen molar-refractivity contribution in [3.63, 3.8) is 0 Å². The van der Waals surface area contributed by atoms with Crippen molar-refractivity contribution in [2.24, 2.45) is 0 Å². The molecule has 0 radical (unpaired) electrons. The zero-order chi connectivity index (χ0) is 15.7. The van der Waals surface area contributed by atoms with Crippen LogP contribution in [0.5, 0.6) is 11.5 Å². The van der Waals surface area contributed by atoms with Crippen LogP contribution in [0.4, 0.5) is 0 Å². The molecule has 0 fully saturated rings. The van der Waals surface area contributed by atoms with E-state index in [1.54, 1.807) is 11.8 Å². The van der Waals surface area contributed by atoms with E-state index < -0.39 is 0 Å². The Kier molecular flexibility index (Phi) is 7.46. The quantitative estimate of drug-likeness (QED) is 0.825. The molecule has 2 aromatic rings. The molecular weight excluding hydrogens is 286 g/mol. The summed E-state index contributed by atoms with van der Waals surface area (Å²) in [6.07, 6.45) is 1.31. The third kappa shape index (κ3) is 5.55. The van der Waals surface area contributed by atoms with E-state index >= 15 is 0 Å². The molecule has 0 aliphatic carbocycles. The second-order valence-corrected chi connectivity index (χ2v) is 4.95. The van der Waals surface area contributed by atoms with Gasteiger partial charge in [-0.2, -0.15) is 0 Å². The normalized spacial score (nSPS) is 9.67. The topological polar surface area (TPSA) is 62.3 Å². The summed E-state index contributed by atoms with van der Waals surface area (Å²) < 4.78 is 5.43. The minimum Gasteiger partial charge on any atom is -0.503 e. The minimum absolute atomic E-state index is 0.257. The van der Waals surface area contributed by atoms with Crippen LogP contribution in [0.1, 0.15) is 26.5 Å². The fourth-order valence-corrected chi connectivity index (χ4v) is 2.43. The zero-order valence-corrected chi connectivity index (χ0v) is 13.4. The summed E-state index contributed by atoms with van der Waals surface area (Å²) in [5.41, 5.74) is 0.409. The van der Waals surface area contributed by atoms with Gasteiger partial charge in [0.2, 0.25) is 5.43 Å². The first-order valence-corrected chi connectivity index (χ1v) is 7.94. The third-order valence-electron chi connectivity index (χ3n) is 2.46. The van der Waals surface area contributed by atoms with Gasteiger partial charge in [-0.05, 0) is 25.1 Å². The molecule has 0 aliphatic heterocycles. The van der Waals surface area contributed by atoms with E-state index in [4.69, 9.17) is 9.84 Å². The third-order valence-corrected chi connectivity index (χ3v) is 3.51. The molecule has 1 heterocycles. The van der Waals surface area contributed by atoms with E-state index in [0.717, 1.165) is 16.3 Å². The molecule has 5 heteroatoms. The van der Waals surface area contributed by atoms with Gasteiger partial charge in [-0.1, -0.05) is 19.9 Å². The van der Waals surface area contributed by atoms with Crippen molar-refractivity contribution in [3.8, 4) is 11.5 Å². The van der Waals surface area contributed by atoms with E-state index in [1.165, 1.54) is 12.3 Å². The Hall–Kier alpha value is -1.88. The summed E-state index contributed by atoms with van der Waals surface area (Å²) in [5.74, 6) is 1.21. The van der Waals surface area contributed by atoms with Gasteiger partial charge in [-0.3, -0.25) is 4.79 Å². The molecule has 4 nitrogen and oxygen atoms in total. The first kappa shape index (κ1) is 17.2. The van der Waals surface area contributed by atoms with E-state index in [0.29, 0.717) is 12.4 Å². The van der Waals surface area contributed by atoms with E-state index in [9.17, 15) is 4.79 Å². The van der Waals surface area contributed by atoms with Gasteiger partial charge >= 0.3 is 0 Å². The van der Waals surface area contributed by atoms with Crippen LogP contribution in [-0.4, -0.2) is 16.7 Å². The average Bonchev–Trinajstić information content (AvgIpc) is 2.51. The largest absolute Gasteiger partial charge is 0.503 e. The Labute approximate surface area is 129 Å². The van der Waals surface area contributed by atoms with Gasteiger partial charge in [0.05, 0.1) is 6.61 Å². The van der Waals surface area contributed by atoms with Gasteiger partial charge in [0.1, 0.15) is 5.75 Å². The predicted octanol–water partition coefficient (Wildman–Crippen LogP) is 3.80. The van der Waals surface area contributed by atoms with Crippen molar-refractivity contribution in [2.75, 3.05) is 6.61 Å². The van der Waals surface area contributed by atoms with Crippen molar-refractivity contribution in [1.29, 1.82) is 0 Å². The summed E-state index contributed by atoms with van der Waals surface area (Å²) >= 11 is 1.60. The van der Waals surface area contributed by atoms with Gasteiger partial charge in [0.15, 0.2) is 5.75 Å². The van der Waals surface area contributed by atoms with Crippen molar-refractivity contribution in [3.05, 3.63) is 52.4 Å². The second-order valence-electron chi connectivity index (χ2n) is 3.90. The van der Waals surface area contributed by atoms with E-state index in [1.807, 2.05) is 45.0 Å². The van der Waals surface area contributed by atoms with Crippen molar-refractivity contribution in [2.45, 2.75) is 31.4 Å². The Balaban J connectivity index is 0.00000106. The lowest BCUT2D eigenvalue weighted by Gasteiger charge is -2.06. The molecule has 1 aromatic carbocycles. The lowest BCUT2D eigenvalue weighted by Crippen LogP contribution is -2.01. The number of pyridine rings is 1. The number of nitrogens with one attached hydrogen (secondary N) is 1. The molecule has 1 aromatic heterocycles. The monoisotopic (exact) mass is 307 g/mol. The molecule has 0 saturated heterocycles. The standard InChI is InChI=1S/C14H15NO3S.C2H6/c1-2-18-11-4-3-5-12(7-11)19-9-10-6-13(16)14(17)8-15-10;1-2/h3-8,17H,2,9H2,1H3,(H,15,16);1-2H3. The molecule has 0 atom stereocenters. The Morgan fingerprint density at radius 2 is 2.05 bits per heavy atom. The first-order chi connectivity index (χ1) is 10.2. The highest BCUT2D eigenvalue weighted by Crippen LogP contribution is 2.25. The van der Waals surface area contributed by atoms with Crippen LogP contribution in [0, 0.1) is 0 Å². The fourth-order valence-electron chi connectivity index (χ4n) is 1.57. The summed E-state index contributed by atoms with van der Waals surface area (Å²) in [6.45, 7) is 6.58. The van der Waals surface area contributed by atoms with Gasteiger partial charge in [-0.15, -0.1) is 11.8 Å². The molecular formula is C16H21NO3S. The van der Waals surface area contributed by atoms with Crippen molar-refractivity contribution >= 4 is 11.8 Å². The number of aromatic nitrogens is 1. The minimum atomic E-state index is -0.364. The number of rotatable bonds is 5. The lowest BCUT2D eigenvalue weighted by molar-refractivity contribution is 0.339. The summed E-state index contributed by atoms with van der Waals surface area (Å²) in [4.78, 5) is 15.2. The zero-order valence-electron chi connectivity index (χ0n) is 12.6. The predicted molar refractivity (Wildman–Crippen MR) is 87.2 cm³/mol. The fraction of sp³-hybridized carbons (Fsp3) is 0.312. The number of aromatic hydroxyl groups is 1. The molecule has 0 unspecified atom stereocenters. The summed E-state index contributed by atoms with van der Waals surface area (Å²) in [6, 6.07) is 9.22. The van der Waals surface area contributed by atoms with Crippen LogP contribution < -0.4 is 10.2 Å². The Bertz CT molecular complexity index is 610. The SMILES string of the molecule is CC.CCOc1cccc(SCc2cc(=O)c(O)c[nH]2)c1. The van der Waals surface area contributed by atoms with Crippen LogP contribution in [0.25, 0.3) is 0 Å². The highest BCUT2D eigenvalue weighted by atomic mass is 32.2. The van der Waals surface area contributed by atoms with Crippen LogP contribution in [-0.2, 0) is 5.75 Å². The maximum Gasteiger partial charge on any atom is 0.223 e. The van der Waals surface area contributed by atoms with Gasteiger partial charge in [0.25, 0.3) is 0 Å². The first-order valence-electron chi connectivity index (χ1n) is 6.95. The Morgan fingerprint density at radius 1 is 1.29 bits per heavy atom.